The van der Waals surface area contributed by atoms with E-state index in [1.807, 2.05) is 36.4 Å². The summed E-state index contributed by atoms with van der Waals surface area (Å²) in [6.07, 6.45) is 5.79. The van der Waals surface area contributed by atoms with Gasteiger partial charge in [-0.05, 0) is 48.0 Å². The summed E-state index contributed by atoms with van der Waals surface area (Å²) >= 11 is 18.1. The lowest BCUT2D eigenvalue weighted by Crippen LogP contribution is -2.46. The van der Waals surface area contributed by atoms with E-state index in [1.54, 1.807) is 18.2 Å². The van der Waals surface area contributed by atoms with Gasteiger partial charge in [0.05, 0.1) is 11.4 Å². The van der Waals surface area contributed by atoms with Crippen LogP contribution in [0.3, 0.4) is 0 Å². The number of hydrogen-bond acceptors (Lipinski definition) is 4. The van der Waals surface area contributed by atoms with Crippen molar-refractivity contribution in [3.05, 3.63) is 93.2 Å². The summed E-state index contributed by atoms with van der Waals surface area (Å²) in [4.78, 5) is 21.3. The van der Waals surface area contributed by atoms with Crippen molar-refractivity contribution in [2.24, 2.45) is 0 Å². The number of hydrogen-bond donors (Lipinski definition) is 1. The highest BCUT2D eigenvalue weighted by Gasteiger charge is 2.20. The van der Waals surface area contributed by atoms with Gasteiger partial charge >= 0.3 is 0 Å². The maximum absolute atomic E-state index is 12.7. The number of halogens is 3. The van der Waals surface area contributed by atoms with Crippen molar-refractivity contribution >= 4 is 58.2 Å². The molecule has 8 heteroatoms. The Balaban J connectivity index is 1.38. The Morgan fingerprint density at radius 2 is 1.67 bits per heavy atom. The highest BCUT2D eigenvalue weighted by Crippen LogP contribution is 2.31. The van der Waals surface area contributed by atoms with Crippen LogP contribution in [-0.4, -0.2) is 48.5 Å². The Morgan fingerprint density at radius 1 is 0.939 bits per heavy atom. The first-order valence-electron chi connectivity index (χ1n) is 10.6. The minimum atomic E-state index is -0.242. The fourth-order valence-corrected chi connectivity index (χ4v) is 4.16. The van der Waals surface area contributed by atoms with Crippen molar-refractivity contribution in [2.75, 3.05) is 42.9 Å². The molecule has 0 radical (unpaired) electrons. The normalized spacial score (nSPS) is 14.6. The number of piperazine rings is 1. The molecule has 1 aliphatic rings. The van der Waals surface area contributed by atoms with Gasteiger partial charge in [-0.1, -0.05) is 59.1 Å². The summed E-state index contributed by atoms with van der Waals surface area (Å²) in [6.45, 7) is 4.35. The molecule has 5 nitrogen and oxygen atoms in total. The third kappa shape index (κ3) is 6.49. The standard InChI is InChI=1S/C25H23Cl3N4O/c26-20-5-3-18(4-6-20)2-1-11-31-12-14-32(15-13-31)23-17-21(27)7-8-22(23)30-25(33)19-9-10-29-24(28)16-19/h1-10,16-17H,11-15H2,(H,30,33). The zero-order chi connectivity index (χ0) is 23.2. The molecule has 1 fully saturated rings. The third-order valence-electron chi connectivity index (χ3n) is 5.45. The van der Waals surface area contributed by atoms with Crippen molar-refractivity contribution in [3.8, 4) is 0 Å². The Kier molecular flexibility index (Phi) is 7.89. The number of carbonyl (C=O) groups excluding carboxylic acids is 1. The first-order chi connectivity index (χ1) is 16.0. The Bertz CT molecular complexity index is 1140. The zero-order valence-corrected chi connectivity index (χ0v) is 20.1. The highest BCUT2D eigenvalue weighted by molar-refractivity contribution is 6.31. The molecule has 1 aromatic heterocycles. The van der Waals surface area contributed by atoms with E-state index in [0.29, 0.717) is 16.3 Å². The van der Waals surface area contributed by atoms with Gasteiger partial charge in [-0.3, -0.25) is 9.69 Å². The summed E-state index contributed by atoms with van der Waals surface area (Å²) in [6, 6.07) is 16.5. The van der Waals surface area contributed by atoms with E-state index < -0.39 is 0 Å². The number of carbonyl (C=O) groups is 1. The van der Waals surface area contributed by atoms with Crippen LogP contribution >= 0.6 is 34.8 Å². The fourth-order valence-electron chi connectivity index (χ4n) is 3.69. The van der Waals surface area contributed by atoms with Crippen LogP contribution in [0.2, 0.25) is 15.2 Å². The second-order valence-electron chi connectivity index (χ2n) is 7.72. The minimum Gasteiger partial charge on any atom is -0.367 e. The molecule has 4 rings (SSSR count). The second-order valence-corrected chi connectivity index (χ2v) is 8.98. The van der Waals surface area contributed by atoms with Crippen molar-refractivity contribution in [1.29, 1.82) is 0 Å². The molecular formula is C25H23Cl3N4O. The average molecular weight is 502 g/mol. The van der Waals surface area contributed by atoms with E-state index in [0.717, 1.165) is 49.0 Å². The van der Waals surface area contributed by atoms with Crippen molar-refractivity contribution in [1.82, 2.24) is 9.88 Å². The largest absolute Gasteiger partial charge is 0.367 e. The lowest BCUT2D eigenvalue weighted by Gasteiger charge is -2.36. The van der Waals surface area contributed by atoms with E-state index in [2.05, 4.69) is 32.3 Å². The quantitative estimate of drug-likeness (QED) is 0.413. The Labute approximate surface area is 208 Å². The summed E-state index contributed by atoms with van der Waals surface area (Å²) < 4.78 is 0. The highest BCUT2D eigenvalue weighted by atomic mass is 35.5. The molecule has 1 aliphatic heterocycles. The van der Waals surface area contributed by atoms with E-state index in [-0.39, 0.29) is 11.1 Å². The molecule has 0 atom stereocenters. The monoisotopic (exact) mass is 500 g/mol. The maximum Gasteiger partial charge on any atom is 0.255 e. The van der Waals surface area contributed by atoms with Crippen LogP contribution in [0.15, 0.2) is 66.9 Å². The predicted octanol–water partition coefficient (Wildman–Crippen LogP) is 6.13. The smallest absolute Gasteiger partial charge is 0.255 e. The molecule has 170 valence electrons. The van der Waals surface area contributed by atoms with Gasteiger partial charge in [0.15, 0.2) is 0 Å². The molecule has 0 unspecified atom stereocenters. The van der Waals surface area contributed by atoms with Gasteiger partial charge in [0.25, 0.3) is 5.91 Å². The van der Waals surface area contributed by atoms with Crippen molar-refractivity contribution in [2.45, 2.75) is 0 Å². The molecule has 0 aliphatic carbocycles. The Morgan fingerprint density at radius 3 is 2.39 bits per heavy atom. The van der Waals surface area contributed by atoms with Gasteiger partial charge in [-0.25, -0.2) is 4.98 Å². The van der Waals surface area contributed by atoms with E-state index in [4.69, 9.17) is 34.8 Å². The number of benzene rings is 2. The van der Waals surface area contributed by atoms with Crippen LogP contribution in [0, 0.1) is 0 Å². The second kappa shape index (κ2) is 11.0. The van der Waals surface area contributed by atoms with Gasteiger partial charge in [0, 0.05) is 54.5 Å². The number of pyridine rings is 1. The lowest BCUT2D eigenvalue weighted by molar-refractivity contribution is 0.102. The van der Waals surface area contributed by atoms with Gasteiger partial charge in [-0.15, -0.1) is 0 Å². The van der Waals surface area contributed by atoms with Crippen LogP contribution in [0.1, 0.15) is 15.9 Å². The van der Waals surface area contributed by atoms with Gasteiger partial charge in [0.2, 0.25) is 0 Å². The Hall–Kier alpha value is -2.57. The molecule has 0 bridgehead atoms. The number of aromatic nitrogens is 1. The van der Waals surface area contributed by atoms with Gasteiger partial charge < -0.3 is 10.2 Å². The number of nitrogens with one attached hydrogen (secondary N) is 1. The molecular weight excluding hydrogens is 479 g/mol. The molecule has 0 spiro atoms. The van der Waals surface area contributed by atoms with Gasteiger partial charge in [-0.2, -0.15) is 0 Å². The first-order valence-corrected chi connectivity index (χ1v) is 11.7. The van der Waals surface area contributed by atoms with Crippen LogP contribution < -0.4 is 10.2 Å². The topological polar surface area (TPSA) is 48.5 Å². The van der Waals surface area contributed by atoms with Crippen LogP contribution in [0.4, 0.5) is 11.4 Å². The summed E-state index contributed by atoms with van der Waals surface area (Å²) in [5, 5.41) is 4.63. The van der Waals surface area contributed by atoms with Gasteiger partial charge in [0.1, 0.15) is 5.15 Å². The number of rotatable bonds is 6. The van der Waals surface area contributed by atoms with E-state index in [9.17, 15) is 4.79 Å². The lowest BCUT2D eigenvalue weighted by atomic mass is 10.2. The summed E-state index contributed by atoms with van der Waals surface area (Å²) in [5.41, 5.74) is 3.21. The molecule has 3 aromatic rings. The van der Waals surface area contributed by atoms with Crippen LogP contribution in [-0.2, 0) is 0 Å². The molecule has 1 N–H and O–H groups in total. The third-order valence-corrected chi connectivity index (χ3v) is 6.15. The van der Waals surface area contributed by atoms with Crippen LogP contribution in [0.5, 0.6) is 0 Å². The first kappa shape index (κ1) is 23.6. The predicted molar refractivity (Wildman–Crippen MR) is 138 cm³/mol. The molecule has 2 heterocycles. The molecule has 1 amide bonds. The van der Waals surface area contributed by atoms with Crippen LogP contribution in [0.25, 0.3) is 6.08 Å². The number of amides is 1. The van der Waals surface area contributed by atoms with E-state index >= 15 is 0 Å². The fraction of sp³-hybridized carbons (Fsp3) is 0.200. The molecule has 33 heavy (non-hydrogen) atoms. The average Bonchev–Trinajstić information content (AvgIpc) is 2.82. The summed E-state index contributed by atoms with van der Waals surface area (Å²) in [7, 11) is 0. The molecule has 1 saturated heterocycles. The molecule has 0 saturated carbocycles. The molecule has 2 aromatic carbocycles. The zero-order valence-electron chi connectivity index (χ0n) is 17.8. The maximum atomic E-state index is 12.7. The number of nitrogens with zero attached hydrogens (tertiary/aromatic N) is 3. The SMILES string of the molecule is O=C(Nc1ccc(Cl)cc1N1CCN(CC=Cc2ccc(Cl)cc2)CC1)c1ccnc(Cl)c1. The van der Waals surface area contributed by atoms with E-state index in [1.165, 1.54) is 6.20 Å². The minimum absolute atomic E-state index is 0.242. The number of anilines is 2. The van der Waals surface area contributed by atoms with Crippen molar-refractivity contribution in [3.63, 3.8) is 0 Å². The van der Waals surface area contributed by atoms with Crippen molar-refractivity contribution < 1.29 is 4.79 Å². The summed E-state index contributed by atoms with van der Waals surface area (Å²) in [5.74, 6) is -0.242.